The number of halogens is 1. The van der Waals surface area contributed by atoms with Crippen LogP contribution in [0.1, 0.15) is 30.0 Å². The van der Waals surface area contributed by atoms with Gasteiger partial charge in [0.05, 0.1) is 18.1 Å². The molecule has 0 aliphatic carbocycles. The lowest BCUT2D eigenvalue weighted by atomic mass is 9.95. The van der Waals surface area contributed by atoms with Crippen LogP contribution in [0.15, 0.2) is 36.7 Å². The van der Waals surface area contributed by atoms with E-state index in [1.807, 2.05) is 12.3 Å². The van der Waals surface area contributed by atoms with E-state index in [0.29, 0.717) is 12.5 Å². The second-order valence-electron chi connectivity index (χ2n) is 5.91. The molecule has 1 aliphatic heterocycles. The van der Waals surface area contributed by atoms with Gasteiger partial charge in [-0.2, -0.15) is 0 Å². The summed E-state index contributed by atoms with van der Waals surface area (Å²) in [4.78, 5) is 11.3. The van der Waals surface area contributed by atoms with Crippen molar-refractivity contribution in [2.75, 3.05) is 25.5 Å². The van der Waals surface area contributed by atoms with E-state index in [4.69, 9.17) is 0 Å². The molecule has 1 N–H and O–H groups in total. The van der Waals surface area contributed by atoms with Crippen LogP contribution in [0.5, 0.6) is 0 Å². The number of rotatable bonds is 4. The summed E-state index contributed by atoms with van der Waals surface area (Å²) in [5.74, 6) is 0.975. The van der Waals surface area contributed by atoms with E-state index < -0.39 is 0 Å². The van der Waals surface area contributed by atoms with E-state index in [2.05, 4.69) is 27.2 Å². The Balaban J connectivity index is 1.59. The number of piperidine rings is 1. The summed E-state index contributed by atoms with van der Waals surface area (Å²) in [6, 6.07) is 6.56. The average molecular weight is 300 g/mol. The van der Waals surface area contributed by atoms with E-state index in [1.165, 1.54) is 25.0 Å². The van der Waals surface area contributed by atoms with Crippen LogP contribution in [0.25, 0.3) is 0 Å². The SMILES string of the molecule is CN1CCC[C@@H](c2cnc(NCc3cccc(F)c3)cn2)C1. The third-order valence-electron chi connectivity index (χ3n) is 4.08. The molecule has 0 amide bonds. The van der Waals surface area contributed by atoms with Gasteiger partial charge in [0.1, 0.15) is 11.6 Å². The van der Waals surface area contributed by atoms with Crippen LogP contribution < -0.4 is 5.32 Å². The Bertz CT molecular complexity index is 614. The number of likely N-dealkylation sites (tertiary alicyclic amines) is 1. The third-order valence-corrected chi connectivity index (χ3v) is 4.08. The van der Waals surface area contributed by atoms with Crippen molar-refractivity contribution in [2.45, 2.75) is 25.3 Å². The zero-order valence-electron chi connectivity index (χ0n) is 12.8. The second kappa shape index (κ2) is 6.83. The molecule has 0 saturated carbocycles. The minimum absolute atomic E-state index is 0.220. The molecule has 1 atom stereocenters. The minimum atomic E-state index is -0.220. The largest absolute Gasteiger partial charge is 0.365 e. The van der Waals surface area contributed by atoms with Crippen molar-refractivity contribution in [1.82, 2.24) is 14.9 Å². The maximum absolute atomic E-state index is 13.1. The van der Waals surface area contributed by atoms with E-state index in [9.17, 15) is 4.39 Å². The number of nitrogens with one attached hydrogen (secondary N) is 1. The minimum Gasteiger partial charge on any atom is -0.365 e. The van der Waals surface area contributed by atoms with Crippen molar-refractivity contribution in [2.24, 2.45) is 0 Å². The van der Waals surface area contributed by atoms with Crippen LogP contribution in [0.3, 0.4) is 0 Å². The summed E-state index contributed by atoms with van der Waals surface area (Å²) >= 11 is 0. The lowest BCUT2D eigenvalue weighted by Crippen LogP contribution is -2.31. The van der Waals surface area contributed by atoms with Crippen molar-refractivity contribution >= 4 is 5.82 Å². The van der Waals surface area contributed by atoms with Crippen molar-refractivity contribution in [3.8, 4) is 0 Å². The highest BCUT2D eigenvalue weighted by atomic mass is 19.1. The van der Waals surface area contributed by atoms with Gasteiger partial charge in [0.15, 0.2) is 0 Å². The number of likely N-dealkylation sites (N-methyl/N-ethyl adjacent to an activating group) is 1. The first-order valence-electron chi connectivity index (χ1n) is 7.69. The van der Waals surface area contributed by atoms with Crippen molar-refractivity contribution in [1.29, 1.82) is 0 Å². The molecule has 1 aromatic carbocycles. The summed E-state index contributed by atoms with van der Waals surface area (Å²) in [5, 5.41) is 3.18. The molecule has 1 saturated heterocycles. The lowest BCUT2D eigenvalue weighted by Gasteiger charge is -2.29. The van der Waals surface area contributed by atoms with Crippen LogP contribution in [0.2, 0.25) is 0 Å². The van der Waals surface area contributed by atoms with Crippen LogP contribution >= 0.6 is 0 Å². The molecule has 0 bridgehead atoms. The van der Waals surface area contributed by atoms with E-state index in [1.54, 1.807) is 12.3 Å². The Morgan fingerprint density at radius 2 is 2.23 bits per heavy atom. The Kier molecular flexibility index (Phi) is 4.63. The summed E-state index contributed by atoms with van der Waals surface area (Å²) < 4.78 is 13.1. The number of hydrogen-bond donors (Lipinski definition) is 1. The smallest absolute Gasteiger partial charge is 0.144 e. The predicted octanol–water partition coefficient (Wildman–Crippen LogP) is 3.04. The molecule has 1 aromatic heterocycles. The first-order chi connectivity index (χ1) is 10.7. The molecule has 2 heterocycles. The van der Waals surface area contributed by atoms with Crippen LogP contribution in [-0.4, -0.2) is 35.0 Å². The zero-order valence-corrected chi connectivity index (χ0v) is 12.8. The quantitative estimate of drug-likeness (QED) is 0.942. The van der Waals surface area contributed by atoms with E-state index in [-0.39, 0.29) is 5.82 Å². The second-order valence-corrected chi connectivity index (χ2v) is 5.91. The van der Waals surface area contributed by atoms with Gasteiger partial charge in [0, 0.05) is 19.0 Å². The molecular weight excluding hydrogens is 279 g/mol. The Hall–Kier alpha value is -2.01. The molecule has 3 rings (SSSR count). The average Bonchev–Trinajstić information content (AvgIpc) is 2.54. The molecule has 116 valence electrons. The van der Waals surface area contributed by atoms with Gasteiger partial charge in [-0.3, -0.25) is 4.98 Å². The number of benzene rings is 1. The van der Waals surface area contributed by atoms with Crippen molar-refractivity contribution in [3.05, 3.63) is 53.7 Å². The monoisotopic (exact) mass is 300 g/mol. The number of aromatic nitrogens is 2. The highest BCUT2D eigenvalue weighted by Crippen LogP contribution is 2.24. The number of nitrogens with zero attached hydrogens (tertiary/aromatic N) is 3. The summed E-state index contributed by atoms with van der Waals surface area (Å²) in [7, 11) is 2.15. The first-order valence-corrected chi connectivity index (χ1v) is 7.69. The van der Waals surface area contributed by atoms with Gasteiger partial charge in [0.25, 0.3) is 0 Å². The van der Waals surface area contributed by atoms with Gasteiger partial charge in [-0.25, -0.2) is 9.37 Å². The molecule has 1 aliphatic rings. The maximum Gasteiger partial charge on any atom is 0.144 e. The Morgan fingerprint density at radius 1 is 1.32 bits per heavy atom. The van der Waals surface area contributed by atoms with E-state index in [0.717, 1.165) is 30.2 Å². The van der Waals surface area contributed by atoms with Crippen molar-refractivity contribution < 1.29 is 4.39 Å². The molecule has 22 heavy (non-hydrogen) atoms. The third kappa shape index (κ3) is 3.80. The fourth-order valence-electron chi connectivity index (χ4n) is 2.89. The zero-order chi connectivity index (χ0) is 15.4. The normalized spacial score (nSPS) is 19.1. The molecule has 0 spiro atoms. The van der Waals surface area contributed by atoms with Gasteiger partial charge in [-0.15, -0.1) is 0 Å². The molecule has 0 radical (unpaired) electrons. The number of anilines is 1. The van der Waals surface area contributed by atoms with E-state index >= 15 is 0 Å². The maximum atomic E-state index is 13.1. The highest BCUT2D eigenvalue weighted by molar-refractivity contribution is 5.33. The number of hydrogen-bond acceptors (Lipinski definition) is 4. The Morgan fingerprint density at radius 3 is 2.95 bits per heavy atom. The van der Waals surface area contributed by atoms with Crippen LogP contribution in [-0.2, 0) is 6.54 Å². The molecule has 0 unspecified atom stereocenters. The van der Waals surface area contributed by atoms with Gasteiger partial charge >= 0.3 is 0 Å². The predicted molar refractivity (Wildman–Crippen MR) is 85.2 cm³/mol. The molecular formula is C17H21FN4. The molecule has 2 aromatic rings. The summed E-state index contributed by atoms with van der Waals surface area (Å²) in [6.45, 7) is 2.75. The fourth-order valence-corrected chi connectivity index (χ4v) is 2.89. The Labute approximate surface area is 130 Å². The highest BCUT2D eigenvalue weighted by Gasteiger charge is 2.20. The van der Waals surface area contributed by atoms with Crippen molar-refractivity contribution in [3.63, 3.8) is 0 Å². The molecule has 4 nitrogen and oxygen atoms in total. The molecule has 1 fully saturated rings. The summed E-state index contributed by atoms with van der Waals surface area (Å²) in [5.41, 5.74) is 1.95. The molecule has 5 heteroatoms. The lowest BCUT2D eigenvalue weighted by molar-refractivity contribution is 0.248. The fraction of sp³-hybridized carbons (Fsp3) is 0.412. The summed E-state index contributed by atoms with van der Waals surface area (Å²) in [6.07, 6.45) is 6.01. The topological polar surface area (TPSA) is 41.1 Å². The standard InChI is InChI=1S/C17H21FN4/c1-22-7-3-5-14(12-22)16-10-21-17(11-19-16)20-9-13-4-2-6-15(18)8-13/h2,4,6,8,10-11,14H,3,5,7,9,12H2,1H3,(H,20,21)/t14-/m1/s1. The van der Waals surface area contributed by atoms with Gasteiger partial charge in [-0.1, -0.05) is 12.1 Å². The van der Waals surface area contributed by atoms with Crippen LogP contribution in [0.4, 0.5) is 10.2 Å². The van der Waals surface area contributed by atoms with Gasteiger partial charge in [-0.05, 0) is 44.1 Å². The van der Waals surface area contributed by atoms with Crippen LogP contribution in [0, 0.1) is 5.82 Å². The van der Waals surface area contributed by atoms with Gasteiger partial charge < -0.3 is 10.2 Å². The van der Waals surface area contributed by atoms with Gasteiger partial charge in [0.2, 0.25) is 0 Å². The first kappa shape index (κ1) is 14.9.